The monoisotopic (exact) mass is 481 g/mol. The van der Waals surface area contributed by atoms with Gasteiger partial charge in [0, 0.05) is 38.3 Å². The van der Waals surface area contributed by atoms with Crippen LogP contribution >= 0.6 is 35.6 Å². The van der Waals surface area contributed by atoms with Gasteiger partial charge in [-0.05, 0) is 48.8 Å². The highest BCUT2D eigenvalue weighted by Gasteiger charge is 2.19. The van der Waals surface area contributed by atoms with Crippen molar-refractivity contribution in [2.75, 3.05) is 49.5 Å². The summed E-state index contributed by atoms with van der Waals surface area (Å²) in [4.78, 5) is 9.20. The first kappa shape index (κ1) is 23.7. The molecule has 2 aromatic carbocycles. The summed E-state index contributed by atoms with van der Waals surface area (Å²) in [6.45, 7) is 5.89. The zero-order valence-electron chi connectivity index (χ0n) is 17.1. The summed E-state index contributed by atoms with van der Waals surface area (Å²) in [6, 6.07) is 15.6. The van der Waals surface area contributed by atoms with E-state index in [4.69, 9.17) is 27.7 Å². The van der Waals surface area contributed by atoms with Gasteiger partial charge >= 0.3 is 0 Å². The average Bonchev–Trinajstić information content (AvgIpc) is 3.26. The van der Waals surface area contributed by atoms with Crippen LogP contribution in [0.1, 0.15) is 12.8 Å². The molecule has 1 saturated heterocycles. The molecule has 3 aromatic rings. The van der Waals surface area contributed by atoms with Gasteiger partial charge in [-0.1, -0.05) is 47.5 Å². The number of benzene rings is 2. The van der Waals surface area contributed by atoms with Crippen molar-refractivity contribution in [2.24, 2.45) is 0 Å². The molecule has 1 aliphatic rings. The lowest BCUT2D eigenvalue weighted by Gasteiger charge is -2.36. The van der Waals surface area contributed by atoms with E-state index in [0.717, 1.165) is 63.4 Å². The van der Waals surface area contributed by atoms with Gasteiger partial charge in [0.1, 0.15) is 0 Å². The second-order valence-electron chi connectivity index (χ2n) is 7.32. The minimum Gasteiger partial charge on any atom is -0.368 e. The molecule has 0 aliphatic carbocycles. The Morgan fingerprint density at radius 1 is 0.935 bits per heavy atom. The Morgan fingerprint density at radius 2 is 1.71 bits per heavy atom. The summed E-state index contributed by atoms with van der Waals surface area (Å²) < 4.78 is 5.31. The lowest BCUT2D eigenvalue weighted by molar-refractivity contribution is 0.254. The van der Waals surface area contributed by atoms with Crippen molar-refractivity contribution in [3.63, 3.8) is 0 Å². The van der Waals surface area contributed by atoms with Crippen molar-refractivity contribution in [3.05, 3.63) is 58.6 Å². The molecule has 1 aromatic heterocycles. The minimum atomic E-state index is 0. The smallest absolute Gasteiger partial charge is 0.263 e. The van der Waals surface area contributed by atoms with Gasteiger partial charge in [0.2, 0.25) is 0 Å². The predicted octanol–water partition coefficient (Wildman–Crippen LogP) is 5.48. The third kappa shape index (κ3) is 6.26. The summed E-state index contributed by atoms with van der Waals surface area (Å²) in [7, 11) is 0. The summed E-state index contributed by atoms with van der Waals surface area (Å²) in [5, 5.41) is 8.50. The molecule has 0 spiro atoms. The molecule has 1 fully saturated rings. The maximum atomic E-state index is 6.36. The maximum Gasteiger partial charge on any atom is 0.263 e. The third-order valence-electron chi connectivity index (χ3n) is 5.28. The van der Waals surface area contributed by atoms with Crippen LogP contribution in [0.25, 0.3) is 11.5 Å². The van der Waals surface area contributed by atoms with E-state index in [1.54, 1.807) is 0 Å². The van der Waals surface area contributed by atoms with Crippen LogP contribution in [-0.4, -0.2) is 54.3 Å². The number of rotatable bonds is 8. The SMILES string of the molecule is Cl.Clc1cccc(N2CCN(CCCCNc3noc(-c4ccccc4)n3)CC2)c1Cl. The number of piperazine rings is 1. The lowest BCUT2D eigenvalue weighted by Crippen LogP contribution is -2.46. The van der Waals surface area contributed by atoms with Crippen LogP contribution in [0.5, 0.6) is 0 Å². The fraction of sp³-hybridized carbons (Fsp3) is 0.364. The third-order valence-corrected chi connectivity index (χ3v) is 6.08. The minimum absolute atomic E-state index is 0. The number of nitrogens with zero attached hydrogens (tertiary/aromatic N) is 4. The Labute approximate surface area is 198 Å². The molecule has 6 nitrogen and oxygen atoms in total. The van der Waals surface area contributed by atoms with Gasteiger partial charge in [-0.2, -0.15) is 4.98 Å². The highest BCUT2D eigenvalue weighted by atomic mass is 35.5. The highest BCUT2D eigenvalue weighted by molar-refractivity contribution is 6.43. The zero-order valence-corrected chi connectivity index (χ0v) is 19.5. The van der Waals surface area contributed by atoms with Crippen LogP contribution in [0.15, 0.2) is 53.1 Å². The molecule has 166 valence electrons. The molecule has 31 heavy (non-hydrogen) atoms. The number of nitrogens with one attached hydrogen (secondary N) is 1. The summed E-state index contributed by atoms with van der Waals surface area (Å²) in [5.41, 5.74) is 1.96. The van der Waals surface area contributed by atoms with Crippen LogP contribution in [0, 0.1) is 0 Å². The number of anilines is 2. The van der Waals surface area contributed by atoms with Crippen molar-refractivity contribution in [3.8, 4) is 11.5 Å². The summed E-state index contributed by atoms with van der Waals surface area (Å²) in [6.07, 6.45) is 2.17. The van der Waals surface area contributed by atoms with Crippen LogP contribution in [-0.2, 0) is 0 Å². The molecule has 0 atom stereocenters. The molecule has 0 amide bonds. The zero-order chi connectivity index (χ0) is 20.8. The van der Waals surface area contributed by atoms with Crippen molar-refractivity contribution >= 4 is 47.2 Å². The van der Waals surface area contributed by atoms with E-state index in [-0.39, 0.29) is 12.4 Å². The maximum absolute atomic E-state index is 6.36. The van der Waals surface area contributed by atoms with E-state index in [1.807, 2.05) is 48.5 Å². The molecule has 1 aliphatic heterocycles. The van der Waals surface area contributed by atoms with Crippen LogP contribution in [0.2, 0.25) is 10.0 Å². The first-order valence-electron chi connectivity index (χ1n) is 10.2. The van der Waals surface area contributed by atoms with Crippen molar-refractivity contribution in [2.45, 2.75) is 12.8 Å². The van der Waals surface area contributed by atoms with Crippen molar-refractivity contribution in [1.82, 2.24) is 15.0 Å². The first-order chi connectivity index (χ1) is 14.7. The number of hydrogen-bond acceptors (Lipinski definition) is 6. The van der Waals surface area contributed by atoms with Crippen molar-refractivity contribution < 1.29 is 4.52 Å². The second-order valence-corrected chi connectivity index (χ2v) is 8.11. The summed E-state index contributed by atoms with van der Waals surface area (Å²) in [5.74, 6) is 1.08. The largest absolute Gasteiger partial charge is 0.368 e. The molecule has 0 saturated carbocycles. The van der Waals surface area contributed by atoms with E-state index < -0.39 is 0 Å². The quantitative estimate of drug-likeness (QED) is 0.429. The Kier molecular flexibility index (Phi) is 8.84. The highest BCUT2D eigenvalue weighted by Crippen LogP contribution is 2.32. The Morgan fingerprint density at radius 3 is 2.48 bits per heavy atom. The van der Waals surface area contributed by atoms with E-state index >= 15 is 0 Å². The van der Waals surface area contributed by atoms with Crippen LogP contribution in [0.4, 0.5) is 11.6 Å². The van der Waals surface area contributed by atoms with Crippen LogP contribution < -0.4 is 10.2 Å². The fourth-order valence-electron chi connectivity index (χ4n) is 3.60. The molecular formula is C22H26Cl3N5O. The molecule has 9 heteroatoms. The van der Waals surface area contributed by atoms with E-state index in [2.05, 4.69) is 25.3 Å². The van der Waals surface area contributed by atoms with Gasteiger partial charge < -0.3 is 14.7 Å². The van der Waals surface area contributed by atoms with Gasteiger partial charge in [0.15, 0.2) is 0 Å². The van der Waals surface area contributed by atoms with Gasteiger partial charge in [-0.3, -0.25) is 4.90 Å². The van der Waals surface area contributed by atoms with E-state index in [9.17, 15) is 0 Å². The Hall–Kier alpha value is -1.99. The van der Waals surface area contributed by atoms with Gasteiger partial charge in [-0.15, -0.1) is 12.4 Å². The molecule has 0 bridgehead atoms. The summed E-state index contributed by atoms with van der Waals surface area (Å²) >= 11 is 12.5. The molecule has 0 radical (unpaired) electrons. The van der Waals surface area contributed by atoms with Crippen LogP contribution in [0.3, 0.4) is 0 Å². The van der Waals surface area contributed by atoms with Crippen molar-refractivity contribution in [1.29, 1.82) is 0 Å². The topological polar surface area (TPSA) is 57.4 Å². The fourth-order valence-corrected chi connectivity index (χ4v) is 4.02. The number of hydrogen-bond donors (Lipinski definition) is 1. The molecule has 2 heterocycles. The molecule has 1 N–H and O–H groups in total. The standard InChI is InChI=1S/C22H25Cl2N5O.ClH/c23-18-9-6-10-19(20(18)24)29-15-13-28(14-16-29)12-5-4-11-25-22-26-21(30-27-22)17-7-2-1-3-8-17;/h1-3,6-10H,4-5,11-16H2,(H,25,27);1H. The Balaban J connectivity index is 0.00000272. The first-order valence-corrected chi connectivity index (χ1v) is 11.0. The normalized spacial score (nSPS) is 14.3. The van der Waals surface area contributed by atoms with E-state index in [1.165, 1.54) is 0 Å². The number of aromatic nitrogens is 2. The number of halogens is 3. The Bertz CT molecular complexity index is 945. The average molecular weight is 483 g/mol. The lowest BCUT2D eigenvalue weighted by atomic mass is 10.2. The molecule has 0 unspecified atom stereocenters. The number of unbranched alkanes of at least 4 members (excludes halogenated alkanes) is 1. The van der Waals surface area contributed by atoms with Gasteiger partial charge in [0.05, 0.1) is 15.7 Å². The van der Waals surface area contributed by atoms with E-state index in [0.29, 0.717) is 21.9 Å². The molecule has 4 rings (SSSR count). The molecular weight excluding hydrogens is 457 g/mol. The second kappa shape index (κ2) is 11.6. The van der Waals surface area contributed by atoms with Gasteiger partial charge in [0.25, 0.3) is 11.8 Å². The van der Waals surface area contributed by atoms with Gasteiger partial charge in [-0.25, -0.2) is 0 Å². The predicted molar refractivity (Wildman–Crippen MR) is 130 cm³/mol.